The van der Waals surface area contributed by atoms with Gasteiger partial charge in [0, 0.05) is 48.8 Å². The van der Waals surface area contributed by atoms with E-state index in [1.807, 2.05) is 41.3 Å². The van der Waals surface area contributed by atoms with Gasteiger partial charge < -0.3 is 14.7 Å². The smallest absolute Gasteiger partial charge is 0.262 e. The lowest BCUT2D eigenvalue weighted by molar-refractivity contribution is 0.0999. The molecule has 4 aromatic carbocycles. The predicted molar refractivity (Wildman–Crippen MR) is 166 cm³/mol. The van der Waals surface area contributed by atoms with E-state index in [-0.39, 0.29) is 5.91 Å². The molecule has 0 aliphatic carbocycles. The average Bonchev–Trinajstić information content (AvgIpc) is 2.98. The minimum absolute atomic E-state index is 0.0311. The number of rotatable bonds is 8. The third-order valence-corrected chi connectivity index (χ3v) is 7.69. The van der Waals surface area contributed by atoms with Crippen molar-refractivity contribution < 1.29 is 4.79 Å². The molecule has 5 heteroatoms. The first-order valence-electron chi connectivity index (χ1n) is 14.1. The quantitative estimate of drug-likeness (QED) is 0.234. The number of hydrogen-bond acceptors (Lipinski definition) is 4. The molecular formula is C34H38N4O. The lowest BCUT2D eigenvalue weighted by Gasteiger charge is -2.41. The molecule has 4 aromatic rings. The minimum atomic E-state index is -0.0311. The van der Waals surface area contributed by atoms with Crippen LogP contribution in [0.25, 0.3) is 0 Å². The second-order valence-electron chi connectivity index (χ2n) is 9.82. The van der Waals surface area contributed by atoms with Gasteiger partial charge in [-0.15, -0.1) is 0 Å². The number of hydrogen-bond donors (Lipinski definition) is 0. The molecule has 5 nitrogen and oxygen atoms in total. The van der Waals surface area contributed by atoms with Crippen molar-refractivity contribution in [2.24, 2.45) is 0 Å². The van der Waals surface area contributed by atoms with Gasteiger partial charge in [0.1, 0.15) is 0 Å². The Labute approximate surface area is 232 Å². The molecule has 1 aliphatic heterocycles. The summed E-state index contributed by atoms with van der Waals surface area (Å²) in [5.74, 6) is -0.0311. The summed E-state index contributed by atoms with van der Waals surface area (Å²) in [5.41, 5.74) is 8.99. The van der Waals surface area contributed by atoms with Crippen molar-refractivity contribution in [3.63, 3.8) is 0 Å². The molecule has 0 saturated heterocycles. The molecule has 0 N–H and O–H groups in total. The number of fused-ring (bicyclic) bond motifs is 2. The zero-order chi connectivity index (χ0) is 27.5. The Balaban J connectivity index is 1.82. The summed E-state index contributed by atoms with van der Waals surface area (Å²) in [6, 6.07) is 31.0. The standard InChI is InChI=1S/C34H38N4O/c1-6-35(7-2)28-20-21-29-32(23-28)37(27-18-14-11-15-19-27)33-24-30(36(8-3)9-4)25(5)22-31(33)38(29)34(39)26-16-12-10-13-17-26/h10-24H,6-9H2,1-5H3. The fourth-order valence-corrected chi connectivity index (χ4v) is 5.64. The Kier molecular flexibility index (Phi) is 7.60. The van der Waals surface area contributed by atoms with Crippen molar-refractivity contribution in [2.45, 2.75) is 34.6 Å². The van der Waals surface area contributed by atoms with Crippen LogP contribution in [-0.2, 0) is 0 Å². The van der Waals surface area contributed by atoms with Crippen LogP contribution in [-0.4, -0.2) is 32.1 Å². The van der Waals surface area contributed by atoms with Crippen molar-refractivity contribution in [3.05, 3.63) is 102 Å². The van der Waals surface area contributed by atoms with E-state index in [4.69, 9.17) is 0 Å². The second-order valence-corrected chi connectivity index (χ2v) is 9.82. The maximum atomic E-state index is 14.2. The van der Waals surface area contributed by atoms with Crippen LogP contribution in [0.15, 0.2) is 91.0 Å². The SMILES string of the molecule is CCN(CC)c1ccc2c(c1)N(c1ccccc1)c1cc(N(CC)CC)c(C)cc1N2C(=O)c1ccccc1. The third-order valence-electron chi connectivity index (χ3n) is 7.69. The van der Waals surface area contributed by atoms with Crippen LogP contribution in [0.5, 0.6) is 0 Å². The highest BCUT2D eigenvalue weighted by Gasteiger charge is 2.35. The van der Waals surface area contributed by atoms with Crippen LogP contribution in [0, 0.1) is 6.92 Å². The molecule has 1 heterocycles. The molecule has 5 rings (SSSR count). The number of carbonyl (C=O) groups excluding carboxylic acids is 1. The third kappa shape index (κ3) is 4.74. The predicted octanol–water partition coefficient (Wildman–Crippen LogP) is 8.45. The van der Waals surface area contributed by atoms with E-state index in [9.17, 15) is 4.79 Å². The zero-order valence-electron chi connectivity index (χ0n) is 23.7. The van der Waals surface area contributed by atoms with Gasteiger partial charge in [-0.05, 0) is 94.8 Å². The van der Waals surface area contributed by atoms with Crippen LogP contribution < -0.4 is 19.6 Å². The monoisotopic (exact) mass is 518 g/mol. The highest BCUT2D eigenvalue weighted by molar-refractivity contribution is 6.18. The van der Waals surface area contributed by atoms with Crippen molar-refractivity contribution >= 4 is 45.7 Å². The summed E-state index contributed by atoms with van der Waals surface area (Å²) in [6.07, 6.45) is 0. The van der Waals surface area contributed by atoms with E-state index < -0.39 is 0 Å². The number of benzene rings is 4. The van der Waals surface area contributed by atoms with Crippen molar-refractivity contribution in [1.29, 1.82) is 0 Å². The first kappa shape index (κ1) is 26.4. The fraction of sp³-hybridized carbons (Fsp3) is 0.265. The highest BCUT2D eigenvalue weighted by Crippen LogP contribution is 2.54. The number of amides is 1. The van der Waals surface area contributed by atoms with Gasteiger partial charge in [-0.3, -0.25) is 9.69 Å². The molecule has 0 spiro atoms. The van der Waals surface area contributed by atoms with Crippen LogP contribution >= 0.6 is 0 Å². The van der Waals surface area contributed by atoms with E-state index in [1.165, 1.54) is 5.69 Å². The largest absolute Gasteiger partial charge is 0.372 e. The molecule has 1 aliphatic rings. The van der Waals surface area contributed by atoms with Gasteiger partial charge in [-0.25, -0.2) is 0 Å². The van der Waals surface area contributed by atoms with Gasteiger partial charge in [-0.2, -0.15) is 0 Å². The molecule has 1 amide bonds. The van der Waals surface area contributed by atoms with Crippen LogP contribution in [0.1, 0.15) is 43.6 Å². The van der Waals surface area contributed by atoms with Crippen LogP contribution in [0.2, 0.25) is 0 Å². The average molecular weight is 519 g/mol. The Hall–Kier alpha value is -4.25. The number of para-hydroxylation sites is 1. The lowest BCUT2D eigenvalue weighted by atomic mass is 10.0. The van der Waals surface area contributed by atoms with Gasteiger partial charge in [0.15, 0.2) is 0 Å². The van der Waals surface area contributed by atoms with Gasteiger partial charge in [0.2, 0.25) is 0 Å². The molecular weight excluding hydrogens is 480 g/mol. The Bertz CT molecular complexity index is 1440. The maximum absolute atomic E-state index is 14.2. The summed E-state index contributed by atoms with van der Waals surface area (Å²) >= 11 is 0. The van der Waals surface area contributed by atoms with E-state index >= 15 is 0 Å². The Morgan fingerprint density at radius 3 is 1.85 bits per heavy atom. The molecule has 0 aromatic heterocycles. The molecule has 0 atom stereocenters. The van der Waals surface area contributed by atoms with Gasteiger partial charge in [0.05, 0.1) is 22.7 Å². The first-order chi connectivity index (χ1) is 19.0. The van der Waals surface area contributed by atoms with Crippen LogP contribution in [0.3, 0.4) is 0 Å². The zero-order valence-corrected chi connectivity index (χ0v) is 23.7. The van der Waals surface area contributed by atoms with Crippen molar-refractivity contribution in [2.75, 3.05) is 45.8 Å². The Morgan fingerprint density at radius 1 is 0.641 bits per heavy atom. The molecule has 200 valence electrons. The molecule has 0 fully saturated rings. The minimum Gasteiger partial charge on any atom is -0.372 e. The summed E-state index contributed by atoms with van der Waals surface area (Å²) in [7, 11) is 0. The topological polar surface area (TPSA) is 30.0 Å². The number of nitrogens with zero attached hydrogens (tertiary/aromatic N) is 4. The van der Waals surface area contributed by atoms with E-state index in [0.717, 1.165) is 65.9 Å². The van der Waals surface area contributed by atoms with Crippen LogP contribution in [0.4, 0.5) is 39.8 Å². The fourth-order valence-electron chi connectivity index (χ4n) is 5.64. The molecule has 0 unspecified atom stereocenters. The van der Waals surface area contributed by atoms with E-state index in [1.54, 1.807) is 0 Å². The normalized spacial score (nSPS) is 12.1. The van der Waals surface area contributed by atoms with Gasteiger partial charge in [-0.1, -0.05) is 36.4 Å². The molecule has 0 radical (unpaired) electrons. The molecule has 0 bridgehead atoms. The van der Waals surface area contributed by atoms with Gasteiger partial charge >= 0.3 is 0 Å². The summed E-state index contributed by atoms with van der Waals surface area (Å²) < 4.78 is 0. The Morgan fingerprint density at radius 2 is 1.23 bits per heavy atom. The second kappa shape index (κ2) is 11.2. The summed E-state index contributed by atoms with van der Waals surface area (Å²) in [6.45, 7) is 14.5. The van der Waals surface area contributed by atoms with Gasteiger partial charge in [0.25, 0.3) is 5.91 Å². The highest BCUT2D eigenvalue weighted by atomic mass is 16.2. The van der Waals surface area contributed by atoms with E-state index in [0.29, 0.717) is 5.56 Å². The number of carbonyl (C=O) groups is 1. The molecule has 39 heavy (non-hydrogen) atoms. The summed E-state index contributed by atoms with van der Waals surface area (Å²) in [5, 5.41) is 0. The first-order valence-corrected chi connectivity index (χ1v) is 14.1. The number of anilines is 7. The summed E-state index contributed by atoms with van der Waals surface area (Å²) in [4.78, 5) is 23.2. The lowest BCUT2D eigenvalue weighted by Crippen LogP contribution is -2.33. The maximum Gasteiger partial charge on any atom is 0.262 e. The van der Waals surface area contributed by atoms with E-state index in [2.05, 4.69) is 104 Å². The number of aryl methyl sites for hydroxylation is 1. The molecule has 0 saturated carbocycles. The van der Waals surface area contributed by atoms with Crippen molar-refractivity contribution in [1.82, 2.24) is 0 Å². The van der Waals surface area contributed by atoms with Crippen molar-refractivity contribution in [3.8, 4) is 0 Å².